The number of nitrogens with zero attached hydrogens (tertiary/aromatic N) is 4. The van der Waals surface area contributed by atoms with Crippen LogP contribution in [0.1, 0.15) is 43.6 Å². The Kier molecular flexibility index (Phi) is 4.34. The molecule has 0 aromatic carbocycles. The third kappa shape index (κ3) is 2.71. The zero-order valence-electron chi connectivity index (χ0n) is 16.2. The van der Waals surface area contributed by atoms with Crippen molar-refractivity contribution in [3.8, 4) is 0 Å². The van der Waals surface area contributed by atoms with Crippen LogP contribution in [0.3, 0.4) is 0 Å². The van der Waals surface area contributed by atoms with Crippen molar-refractivity contribution in [1.82, 2.24) is 19.9 Å². The number of hydrogen-bond acceptors (Lipinski definition) is 5. The van der Waals surface area contributed by atoms with Gasteiger partial charge in [0.05, 0.1) is 10.9 Å². The Morgan fingerprint density at radius 2 is 2.14 bits per heavy atom. The van der Waals surface area contributed by atoms with E-state index < -0.39 is 0 Å². The largest absolute Gasteiger partial charge is 0.381 e. The molecule has 2 aromatic rings. The molecule has 7 heteroatoms. The summed E-state index contributed by atoms with van der Waals surface area (Å²) in [5, 5.41) is 1.15. The van der Waals surface area contributed by atoms with Gasteiger partial charge in [0.1, 0.15) is 17.8 Å². The molecule has 1 unspecified atom stereocenters. The van der Waals surface area contributed by atoms with E-state index in [1.165, 1.54) is 11.6 Å². The van der Waals surface area contributed by atoms with Gasteiger partial charge in [-0.1, -0.05) is 6.58 Å². The number of ether oxygens (including phenoxy) is 1. The third-order valence-corrected chi connectivity index (χ3v) is 6.81. The zero-order chi connectivity index (χ0) is 19.1. The van der Waals surface area contributed by atoms with E-state index in [4.69, 9.17) is 9.72 Å². The molecule has 0 saturated carbocycles. The molecule has 1 spiro atoms. The van der Waals surface area contributed by atoms with Crippen molar-refractivity contribution in [3.05, 3.63) is 30.7 Å². The number of piperidine rings is 1. The second-order valence-corrected chi connectivity index (χ2v) is 8.24. The van der Waals surface area contributed by atoms with E-state index >= 15 is 0 Å². The van der Waals surface area contributed by atoms with E-state index in [0.717, 1.165) is 81.8 Å². The first-order valence-corrected chi connectivity index (χ1v) is 10.3. The van der Waals surface area contributed by atoms with Crippen molar-refractivity contribution in [2.24, 2.45) is 0 Å². The van der Waals surface area contributed by atoms with Crippen molar-refractivity contribution in [2.75, 3.05) is 37.7 Å². The van der Waals surface area contributed by atoms with Crippen molar-refractivity contribution < 1.29 is 9.53 Å². The van der Waals surface area contributed by atoms with Crippen LogP contribution in [-0.4, -0.2) is 64.1 Å². The van der Waals surface area contributed by atoms with Crippen LogP contribution in [0.2, 0.25) is 0 Å². The van der Waals surface area contributed by atoms with Crippen LogP contribution in [-0.2, 0) is 9.53 Å². The highest BCUT2D eigenvalue weighted by Gasteiger charge is 2.49. The number of aromatic nitrogens is 3. The molecule has 2 aromatic heterocycles. The van der Waals surface area contributed by atoms with Gasteiger partial charge in [0, 0.05) is 39.0 Å². The Hall–Kier alpha value is -2.41. The van der Waals surface area contributed by atoms with Gasteiger partial charge in [-0.2, -0.15) is 0 Å². The van der Waals surface area contributed by atoms with Crippen LogP contribution in [0.15, 0.2) is 25.2 Å². The predicted octanol–water partition coefficient (Wildman–Crippen LogP) is 2.61. The minimum absolute atomic E-state index is 0.0467. The van der Waals surface area contributed by atoms with Crippen molar-refractivity contribution in [2.45, 2.75) is 43.6 Å². The molecule has 28 heavy (non-hydrogen) atoms. The van der Waals surface area contributed by atoms with Crippen molar-refractivity contribution in [1.29, 1.82) is 0 Å². The maximum Gasteiger partial charge on any atom is 0.246 e. The van der Waals surface area contributed by atoms with Crippen LogP contribution >= 0.6 is 0 Å². The molecule has 3 fully saturated rings. The zero-order valence-corrected chi connectivity index (χ0v) is 16.2. The number of likely N-dealkylation sites (tertiary alicyclic amines) is 1. The number of rotatable bonds is 3. The highest BCUT2D eigenvalue weighted by Crippen LogP contribution is 2.42. The normalized spacial score (nSPS) is 25.9. The fourth-order valence-corrected chi connectivity index (χ4v) is 5.25. The molecule has 0 radical (unpaired) electrons. The van der Waals surface area contributed by atoms with Gasteiger partial charge in [-0.05, 0) is 49.7 Å². The highest BCUT2D eigenvalue weighted by molar-refractivity contribution is 5.92. The quantitative estimate of drug-likeness (QED) is 0.828. The molecule has 1 atom stereocenters. The number of H-pyrrole nitrogens is 1. The van der Waals surface area contributed by atoms with Crippen LogP contribution in [0.25, 0.3) is 11.0 Å². The Morgan fingerprint density at radius 1 is 1.29 bits per heavy atom. The molecule has 5 heterocycles. The molecule has 7 nitrogen and oxygen atoms in total. The lowest BCUT2D eigenvalue weighted by Crippen LogP contribution is -2.68. The fraction of sp³-hybridized carbons (Fsp3) is 0.571. The number of amides is 1. The maximum atomic E-state index is 12.3. The molecule has 3 aliphatic rings. The molecule has 5 rings (SSSR count). The van der Waals surface area contributed by atoms with Gasteiger partial charge in [0.25, 0.3) is 0 Å². The summed E-state index contributed by atoms with van der Waals surface area (Å²) in [4.78, 5) is 29.2. The summed E-state index contributed by atoms with van der Waals surface area (Å²) in [5.41, 5.74) is 2.13. The SMILES string of the molecule is C=CC(=O)N1CCC12CCCN(c1ncnc3[nH]cc(C4CCOCC4)c13)C2. The molecule has 1 N–H and O–H groups in total. The topological polar surface area (TPSA) is 74.4 Å². The van der Waals surface area contributed by atoms with Crippen molar-refractivity contribution >= 4 is 22.8 Å². The van der Waals surface area contributed by atoms with E-state index in [1.807, 2.05) is 4.90 Å². The summed E-state index contributed by atoms with van der Waals surface area (Å²) in [6.45, 7) is 7.92. The van der Waals surface area contributed by atoms with Gasteiger partial charge in [-0.15, -0.1) is 0 Å². The highest BCUT2D eigenvalue weighted by atomic mass is 16.5. The number of hydrogen-bond donors (Lipinski definition) is 1. The third-order valence-electron chi connectivity index (χ3n) is 6.81. The molecule has 3 saturated heterocycles. The average molecular weight is 381 g/mol. The first-order valence-electron chi connectivity index (χ1n) is 10.3. The lowest BCUT2D eigenvalue weighted by atomic mass is 9.77. The number of carbonyl (C=O) groups is 1. The predicted molar refractivity (Wildman–Crippen MR) is 107 cm³/mol. The number of anilines is 1. The Morgan fingerprint density at radius 3 is 2.89 bits per heavy atom. The average Bonchev–Trinajstić information content (AvgIpc) is 3.18. The fourth-order valence-electron chi connectivity index (χ4n) is 5.25. The summed E-state index contributed by atoms with van der Waals surface area (Å²) in [6.07, 6.45) is 10.4. The molecule has 0 aliphatic carbocycles. The second kappa shape index (κ2) is 6.88. The van der Waals surface area contributed by atoms with E-state index in [2.05, 4.69) is 27.6 Å². The van der Waals surface area contributed by atoms with Gasteiger partial charge in [-0.25, -0.2) is 9.97 Å². The van der Waals surface area contributed by atoms with Crippen LogP contribution < -0.4 is 4.90 Å². The summed E-state index contributed by atoms with van der Waals surface area (Å²) < 4.78 is 5.55. The molecule has 148 valence electrons. The van der Waals surface area contributed by atoms with E-state index in [9.17, 15) is 4.79 Å². The summed E-state index contributed by atoms with van der Waals surface area (Å²) in [7, 11) is 0. The molecule has 3 aliphatic heterocycles. The van der Waals surface area contributed by atoms with Gasteiger partial charge in [0.15, 0.2) is 0 Å². The molecule has 0 bridgehead atoms. The lowest BCUT2D eigenvalue weighted by molar-refractivity contribution is -0.142. The number of fused-ring (bicyclic) bond motifs is 1. The first kappa shape index (κ1) is 17.7. The van der Waals surface area contributed by atoms with Gasteiger partial charge in [-0.3, -0.25) is 4.79 Å². The molecular weight excluding hydrogens is 354 g/mol. The minimum Gasteiger partial charge on any atom is -0.381 e. The van der Waals surface area contributed by atoms with Crippen molar-refractivity contribution in [3.63, 3.8) is 0 Å². The Labute approximate surface area is 164 Å². The standard InChI is InChI=1S/C21H27N5O2/c1-2-17(27)26-9-7-21(26)6-3-8-25(13-21)20-18-16(15-4-10-28-11-5-15)12-22-19(18)23-14-24-20/h2,12,14-15H,1,3-11,13H2,(H,22,23,24). The second-order valence-electron chi connectivity index (χ2n) is 8.24. The molecule has 1 amide bonds. The van der Waals surface area contributed by atoms with Crippen LogP contribution in [0.4, 0.5) is 5.82 Å². The van der Waals surface area contributed by atoms with Crippen LogP contribution in [0, 0.1) is 0 Å². The lowest BCUT2D eigenvalue weighted by Gasteiger charge is -2.57. The minimum atomic E-state index is -0.0735. The van der Waals surface area contributed by atoms with E-state index in [1.54, 1.807) is 6.33 Å². The monoisotopic (exact) mass is 381 g/mol. The number of aromatic amines is 1. The summed E-state index contributed by atoms with van der Waals surface area (Å²) >= 11 is 0. The molecular formula is C21H27N5O2. The van der Waals surface area contributed by atoms with Gasteiger partial charge in [0.2, 0.25) is 5.91 Å². The van der Waals surface area contributed by atoms with Gasteiger partial charge < -0.3 is 19.5 Å². The van der Waals surface area contributed by atoms with Crippen LogP contribution in [0.5, 0.6) is 0 Å². The van der Waals surface area contributed by atoms with Gasteiger partial charge >= 0.3 is 0 Å². The Bertz CT molecular complexity index is 903. The first-order chi connectivity index (χ1) is 13.7. The number of carbonyl (C=O) groups excluding carboxylic acids is 1. The Balaban J connectivity index is 1.50. The number of nitrogens with one attached hydrogen (secondary N) is 1. The summed E-state index contributed by atoms with van der Waals surface area (Å²) in [5.74, 6) is 1.53. The van der Waals surface area contributed by atoms with E-state index in [-0.39, 0.29) is 11.4 Å². The van der Waals surface area contributed by atoms with E-state index in [0.29, 0.717) is 5.92 Å². The maximum absolute atomic E-state index is 12.3. The summed E-state index contributed by atoms with van der Waals surface area (Å²) in [6, 6.07) is 0. The smallest absolute Gasteiger partial charge is 0.246 e.